The van der Waals surface area contributed by atoms with Crippen LogP contribution in [-0.2, 0) is 11.4 Å². The average Bonchev–Trinajstić information content (AvgIpc) is 3.16. The zero-order chi connectivity index (χ0) is 35.7. The van der Waals surface area contributed by atoms with E-state index in [2.05, 4.69) is 16.3 Å². The number of aliphatic carboxylic acids is 1. The van der Waals surface area contributed by atoms with Gasteiger partial charge in [0.25, 0.3) is 0 Å². The molecule has 51 heavy (non-hydrogen) atoms. The molecule has 0 unspecified atom stereocenters. The summed E-state index contributed by atoms with van der Waals surface area (Å²) >= 11 is 0. The van der Waals surface area contributed by atoms with Crippen molar-refractivity contribution in [1.29, 1.82) is 10.5 Å². The zero-order valence-corrected chi connectivity index (χ0v) is 27.8. The molecule has 1 aliphatic heterocycles. The first-order valence-electron chi connectivity index (χ1n) is 16.4. The van der Waals surface area contributed by atoms with Gasteiger partial charge in [-0.15, -0.1) is 0 Å². The number of nitrogens with one attached hydrogen (secondary N) is 1. The van der Waals surface area contributed by atoms with Crippen molar-refractivity contribution in [3.8, 4) is 45.9 Å². The molecule has 6 rings (SSSR count). The van der Waals surface area contributed by atoms with E-state index in [-0.39, 0.29) is 11.6 Å². The summed E-state index contributed by atoms with van der Waals surface area (Å²) in [4.78, 5) is 17.8. The van der Waals surface area contributed by atoms with E-state index < -0.39 is 11.8 Å². The van der Waals surface area contributed by atoms with Gasteiger partial charge in [-0.3, -0.25) is 0 Å². The van der Waals surface area contributed by atoms with Crippen molar-refractivity contribution >= 4 is 23.6 Å². The summed E-state index contributed by atoms with van der Waals surface area (Å²) < 4.78 is 26.9. The van der Waals surface area contributed by atoms with Gasteiger partial charge >= 0.3 is 5.97 Å². The van der Waals surface area contributed by atoms with E-state index in [4.69, 9.17) is 19.6 Å². The number of hydrogen-bond donors (Lipinski definition) is 2. The molecule has 1 aromatic heterocycles. The molecule has 4 aromatic carbocycles. The number of pyridine rings is 1. The number of benzene rings is 4. The first kappa shape index (κ1) is 34.2. The molecule has 1 saturated heterocycles. The number of piperidine rings is 1. The quantitative estimate of drug-likeness (QED) is 0.133. The molecule has 254 valence electrons. The van der Waals surface area contributed by atoms with Gasteiger partial charge < -0.3 is 24.8 Å². The predicted molar refractivity (Wildman–Crippen MR) is 194 cm³/mol. The highest BCUT2D eigenvalue weighted by atomic mass is 19.1. The molecule has 5 aromatic rings. The largest absolute Gasteiger partial charge is 0.493 e. The smallest absolute Gasteiger partial charge is 0.328 e. The van der Waals surface area contributed by atoms with Gasteiger partial charge in [0.15, 0.2) is 11.5 Å². The number of nitrogens with zero attached hydrogens (tertiary/aromatic N) is 4. The monoisotopic (exact) mass is 679 g/mol. The number of aromatic nitrogens is 1. The van der Waals surface area contributed by atoms with Crippen molar-refractivity contribution in [3.05, 3.63) is 131 Å². The predicted octanol–water partition coefficient (Wildman–Crippen LogP) is 8.06. The lowest BCUT2D eigenvalue weighted by molar-refractivity contribution is -0.131. The van der Waals surface area contributed by atoms with Crippen LogP contribution in [0.5, 0.6) is 11.5 Å². The first-order chi connectivity index (χ1) is 24.9. The SMILES string of the molecule is COc1ccc(-c2cnc(N3CCC(Nc4cccc(/C=C/C(=O)O)c4)CC3)c(C#N)c2-c2ccc(C#N)c(F)c2)cc1OCc1ccccc1. The van der Waals surface area contributed by atoms with Crippen molar-refractivity contribution in [3.63, 3.8) is 0 Å². The lowest BCUT2D eigenvalue weighted by Gasteiger charge is -2.34. The normalized spacial score (nSPS) is 13.0. The molecule has 2 N–H and O–H groups in total. The number of anilines is 2. The van der Waals surface area contributed by atoms with Crippen LogP contribution < -0.4 is 19.7 Å². The Kier molecular flexibility index (Phi) is 10.5. The van der Waals surface area contributed by atoms with Crippen LogP contribution in [0.4, 0.5) is 15.9 Å². The van der Waals surface area contributed by atoms with Gasteiger partial charge in [-0.05, 0) is 77.6 Å². The molecule has 0 saturated carbocycles. The second kappa shape index (κ2) is 15.7. The van der Waals surface area contributed by atoms with Crippen molar-refractivity contribution in [2.24, 2.45) is 0 Å². The van der Waals surface area contributed by atoms with Crippen LogP contribution in [0.1, 0.15) is 35.1 Å². The molecule has 9 nitrogen and oxygen atoms in total. The topological polar surface area (TPSA) is 131 Å². The number of hydrogen-bond acceptors (Lipinski definition) is 8. The van der Waals surface area contributed by atoms with Crippen LogP contribution >= 0.6 is 0 Å². The Hall–Kier alpha value is -6.65. The van der Waals surface area contributed by atoms with Gasteiger partial charge in [-0.25, -0.2) is 14.2 Å². The summed E-state index contributed by atoms with van der Waals surface area (Å²) in [5.74, 6) is -0.163. The lowest BCUT2D eigenvalue weighted by Crippen LogP contribution is -2.40. The Bertz CT molecular complexity index is 2170. The molecule has 10 heteroatoms. The minimum Gasteiger partial charge on any atom is -0.493 e. The standard InChI is InChI=1S/C41H34FN5O4/c1-50-37-14-13-29(22-38(37)51-26-28-6-3-2-4-7-28)35-25-45-41(34(24-44)40(35)30-11-12-31(23-43)36(42)21-30)47-18-16-32(17-19-47)46-33-9-5-8-27(20-33)10-15-39(48)49/h2-15,20-22,25,32,46H,16-19,26H2,1H3,(H,48,49)/b15-10+. The number of halogens is 1. The molecule has 0 amide bonds. The van der Waals surface area contributed by atoms with Crippen LogP contribution in [0.25, 0.3) is 28.3 Å². The minimum absolute atomic E-state index is 0.0906. The fourth-order valence-electron chi connectivity index (χ4n) is 6.19. The van der Waals surface area contributed by atoms with Gasteiger partial charge in [0.05, 0.1) is 12.7 Å². The number of methoxy groups -OCH3 is 1. The molecule has 0 radical (unpaired) electrons. The van der Waals surface area contributed by atoms with Crippen LogP contribution in [0.3, 0.4) is 0 Å². The Labute approximate surface area is 295 Å². The van der Waals surface area contributed by atoms with Crippen molar-refractivity contribution in [1.82, 2.24) is 4.98 Å². The number of rotatable bonds is 11. The molecule has 0 aliphatic carbocycles. The highest BCUT2D eigenvalue weighted by molar-refractivity contribution is 5.90. The van der Waals surface area contributed by atoms with E-state index >= 15 is 4.39 Å². The lowest BCUT2D eigenvalue weighted by atomic mass is 9.91. The van der Waals surface area contributed by atoms with Gasteiger partial charge in [0, 0.05) is 48.2 Å². The molecule has 1 aliphatic rings. The second-order valence-electron chi connectivity index (χ2n) is 12.0. The van der Waals surface area contributed by atoms with Gasteiger partial charge in [-0.2, -0.15) is 10.5 Å². The van der Waals surface area contributed by atoms with E-state index in [1.165, 1.54) is 12.1 Å². The van der Waals surface area contributed by atoms with E-state index in [1.807, 2.05) is 72.8 Å². The van der Waals surface area contributed by atoms with Gasteiger partial charge in [0.1, 0.15) is 35.9 Å². The maximum atomic E-state index is 15.1. The molecule has 0 spiro atoms. The minimum atomic E-state index is -1.01. The Morgan fingerprint density at radius 3 is 2.47 bits per heavy atom. The van der Waals surface area contributed by atoms with Crippen LogP contribution in [0, 0.1) is 28.5 Å². The number of nitriles is 2. The fourth-order valence-corrected chi connectivity index (χ4v) is 6.19. The summed E-state index contributed by atoms with van der Waals surface area (Å²) in [5, 5.41) is 32.6. The molecule has 0 atom stereocenters. The average molecular weight is 680 g/mol. The third-order valence-corrected chi connectivity index (χ3v) is 8.73. The Morgan fingerprint density at radius 2 is 1.76 bits per heavy atom. The molecule has 0 bridgehead atoms. The summed E-state index contributed by atoms with van der Waals surface area (Å²) in [5.41, 5.74) is 5.08. The number of carboxylic acids is 1. The zero-order valence-electron chi connectivity index (χ0n) is 27.8. The fraction of sp³-hybridized carbons (Fsp3) is 0.171. The van der Waals surface area contributed by atoms with Crippen molar-refractivity contribution < 1.29 is 23.8 Å². The maximum absolute atomic E-state index is 15.1. The van der Waals surface area contributed by atoms with Crippen LogP contribution in [0.15, 0.2) is 103 Å². The first-order valence-corrected chi connectivity index (χ1v) is 16.4. The Balaban J connectivity index is 1.32. The van der Waals surface area contributed by atoms with Crippen LogP contribution in [-0.4, -0.2) is 42.3 Å². The number of ether oxygens (including phenoxy) is 2. The highest BCUT2D eigenvalue weighted by Gasteiger charge is 2.26. The van der Waals surface area contributed by atoms with E-state index in [0.29, 0.717) is 64.8 Å². The maximum Gasteiger partial charge on any atom is 0.328 e. The second-order valence-corrected chi connectivity index (χ2v) is 12.0. The summed E-state index contributed by atoms with van der Waals surface area (Å²) in [6.45, 7) is 1.53. The van der Waals surface area contributed by atoms with Crippen LogP contribution in [0.2, 0.25) is 0 Å². The van der Waals surface area contributed by atoms with E-state index in [1.54, 1.807) is 31.5 Å². The van der Waals surface area contributed by atoms with E-state index in [0.717, 1.165) is 35.7 Å². The summed E-state index contributed by atoms with van der Waals surface area (Å²) in [6.07, 6.45) is 5.87. The number of carboxylic acid groups (broad SMARTS) is 1. The molecule has 2 heterocycles. The molecular weight excluding hydrogens is 645 g/mol. The number of carbonyl (C=O) groups is 1. The van der Waals surface area contributed by atoms with Crippen molar-refractivity contribution in [2.45, 2.75) is 25.5 Å². The molecule has 1 fully saturated rings. The van der Waals surface area contributed by atoms with Crippen molar-refractivity contribution in [2.75, 3.05) is 30.4 Å². The van der Waals surface area contributed by atoms with Gasteiger partial charge in [-0.1, -0.05) is 54.6 Å². The molecular formula is C41H34FN5O4. The third-order valence-electron chi connectivity index (χ3n) is 8.73. The highest BCUT2D eigenvalue weighted by Crippen LogP contribution is 2.42. The Morgan fingerprint density at radius 1 is 0.980 bits per heavy atom. The van der Waals surface area contributed by atoms with Gasteiger partial charge in [0.2, 0.25) is 0 Å². The summed E-state index contributed by atoms with van der Waals surface area (Å²) in [6, 6.07) is 31.5. The van der Waals surface area contributed by atoms with E-state index in [9.17, 15) is 15.3 Å². The summed E-state index contributed by atoms with van der Waals surface area (Å²) in [7, 11) is 1.56. The third kappa shape index (κ3) is 7.98.